The van der Waals surface area contributed by atoms with E-state index in [2.05, 4.69) is 11.7 Å². The Morgan fingerprint density at radius 1 is 1.21 bits per heavy atom. The van der Waals surface area contributed by atoms with Gasteiger partial charge in [0.15, 0.2) is 17.6 Å². The molecule has 0 radical (unpaired) electrons. The molecule has 1 heterocycles. The Morgan fingerprint density at radius 2 is 1.88 bits per heavy atom. The van der Waals surface area contributed by atoms with Crippen LogP contribution in [0.5, 0.6) is 17.2 Å². The van der Waals surface area contributed by atoms with Crippen molar-refractivity contribution in [3.63, 3.8) is 0 Å². The molecular weight excluding hydrogens is 306 g/mol. The van der Waals surface area contributed by atoms with Crippen molar-refractivity contribution < 1.29 is 19.0 Å². The summed E-state index contributed by atoms with van der Waals surface area (Å²) < 4.78 is 16.1. The highest BCUT2D eigenvalue weighted by molar-refractivity contribution is 6.03. The van der Waals surface area contributed by atoms with Crippen molar-refractivity contribution in [2.45, 2.75) is 19.4 Å². The molecule has 0 bridgehead atoms. The minimum absolute atomic E-state index is 0.202. The van der Waals surface area contributed by atoms with Gasteiger partial charge in [-0.1, -0.05) is 36.0 Å². The second-order valence-corrected chi connectivity index (χ2v) is 5.15. The van der Waals surface area contributed by atoms with Crippen LogP contribution in [0.3, 0.4) is 0 Å². The summed E-state index contributed by atoms with van der Waals surface area (Å²) in [5.41, 5.74) is 2.79. The van der Waals surface area contributed by atoms with Crippen LogP contribution in [-0.4, -0.2) is 27.0 Å². The van der Waals surface area contributed by atoms with Gasteiger partial charge in [-0.3, -0.25) is 0 Å². The topological polar surface area (TPSA) is 49.3 Å². The van der Waals surface area contributed by atoms with Crippen molar-refractivity contribution in [3.05, 3.63) is 54.2 Å². The van der Waals surface area contributed by atoms with Gasteiger partial charge in [-0.2, -0.15) is 0 Å². The number of rotatable bonds is 7. The monoisotopic (exact) mass is 329 g/mol. The van der Waals surface area contributed by atoms with Crippen LogP contribution in [0.2, 0.25) is 0 Å². The van der Waals surface area contributed by atoms with Gasteiger partial charge in [0.2, 0.25) is 5.75 Å². The molecule has 0 saturated heterocycles. The second-order valence-electron chi connectivity index (χ2n) is 5.15. The maximum absolute atomic E-state index is 5.62. The van der Waals surface area contributed by atoms with Gasteiger partial charge < -0.3 is 19.0 Å². The van der Waals surface area contributed by atoms with E-state index >= 15 is 0 Å². The van der Waals surface area contributed by atoms with Crippen LogP contribution in [0, 0.1) is 0 Å². The molecule has 0 spiro atoms. The number of methoxy groups -OCH3 is 3. The standard InChI is InChI=1S/C19H23NO4/c1-6-8-13(9-7-2)15-12-16(24-20-15)14-10-17(21-3)19(23-5)18(11-14)22-4/h6-11,16H,1,12H2,2-5H3/b9-7-,13-8+. The predicted molar refractivity (Wildman–Crippen MR) is 95.1 cm³/mol. The fourth-order valence-corrected chi connectivity index (χ4v) is 2.57. The molecule has 0 fully saturated rings. The van der Waals surface area contributed by atoms with E-state index in [1.807, 2.05) is 37.3 Å². The number of oxime groups is 1. The lowest BCUT2D eigenvalue weighted by molar-refractivity contribution is 0.0853. The molecule has 2 rings (SSSR count). The fourth-order valence-electron chi connectivity index (χ4n) is 2.57. The van der Waals surface area contributed by atoms with Crippen LogP contribution in [0.4, 0.5) is 0 Å². The Kier molecular flexibility index (Phi) is 6.07. The summed E-state index contributed by atoms with van der Waals surface area (Å²) in [6.07, 6.45) is 8.06. The second kappa shape index (κ2) is 8.24. The third-order valence-electron chi connectivity index (χ3n) is 3.70. The predicted octanol–water partition coefficient (Wildman–Crippen LogP) is 4.22. The summed E-state index contributed by atoms with van der Waals surface area (Å²) >= 11 is 0. The zero-order valence-electron chi connectivity index (χ0n) is 14.5. The molecule has 0 saturated carbocycles. The van der Waals surface area contributed by atoms with E-state index in [1.54, 1.807) is 27.4 Å². The summed E-state index contributed by atoms with van der Waals surface area (Å²) in [4.78, 5) is 5.62. The maximum Gasteiger partial charge on any atom is 0.203 e. The molecule has 0 aromatic heterocycles. The molecule has 1 aromatic carbocycles. The van der Waals surface area contributed by atoms with E-state index in [0.717, 1.165) is 16.8 Å². The van der Waals surface area contributed by atoms with E-state index in [0.29, 0.717) is 23.7 Å². The molecule has 1 aliphatic rings. The SMILES string of the molecule is C=C/C=C(\C=C/C)C1=NOC(c2cc(OC)c(OC)c(OC)c2)C1. The van der Waals surface area contributed by atoms with Gasteiger partial charge in [0.05, 0.1) is 27.0 Å². The number of allylic oxidation sites excluding steroid dienone is 5. The highest BCUT2D eigenvalue weighted by Crippen LogP contribution is 2.42. The molecule has 1 unspecified atom stereocenters. The van der Waals surface area contributed by atoms with Gasteiger partial charge in [0.25, 0.3) is 0 Å². The quantitative estimate of drug-likeness (QED) is 0.703. The van der Waals surface area contributed by atoms with Crippen molar-refractivity contribution in [2.75, 3.05) is 21.3 Å². The van der Waals surface area contributed by atoms with Crippen LogP contribution in [0.25, 0.3) is 0 Å². The van der Waals surface area contributed by atoms with Gasteiger partial charge >= 0.3 is 0 Å². The first-order valence-corrected chi connectivity index (χ1v) is 7.66. The van der Waals surface area contributed by atoms with Crippen molar-refractivity contribution in [1.29, 1.82) is 0 Å². The first-order valence-electron chi connectivity index (χ1n) is 7.66. The number of ether oxygens (including phenoxy) is 3. The van der Waals surface area contributed by atoms with E-state index in [9.17, 15) is 0 Å². The highest BCUT2D eigenvalue weighted by atomic mass is 16.6. The maximum atomic E-state index is 5.62. The minimum atomic E-state index is -0.202. The Bertz CT molecular complexity index is 664. The smallest absolute Gasteiger partial charge is 0.203 e. The first kappa shape index (κ1) is 17.7. The van der Waals surface area contributed by atoms with Crippen molar-refractivity contribution in [1.82, 2.24) is 0 Å². The highest BCUT2D eigenvalue weighted by Gasteiger charge is 2.26. The van der Waals surface area contributed by atoms with Gasteiger partial charge in [-0.25, -0.2) is 0 Å². The number of nitrogens with zero attached hydrogens (tertiary/aromatic N) is 1. The molecule has 1 aliphatic heterocycles. The molecule has 5 heteroatoms. The van der Waals surface area contributed by atoms with Crippen molar-refractivity contribution >= 4 is 5.71 Å². The van der Waals surface area contributed by atoms with Crippen molar-refractivity contribution in [2.24, 2.45) is 5.16 Å². The molecule has 5 nitrogen and oxygen atoms in total. The van der Waals surface area contributed by atoms with Gasteiger partial charge in [0, 0.05) is 12.0 Å². The van der Waals surface area contributed by atoms with Crippen LogP contribution in [-0.2, 0) is 4.84 Å². The van der Waals surface area contributed by atoms with Gasteiger partial charge in [0.1, 0.15) is 0 Å². The molecule has 0 amide bonds. The molecular formula is C19H23NO4. The number of hydrogen-bond acceptors (Lipinski definition) is 5. The average Bonchev–Trinajstić information content (AvgIpc) is 3.10. The molecule has 1 atom stereocenters. The van der Waals surface area contributed by atoms with E-state index in [-0.39, 0.29) is 6.10 Å². The first-order chi connectivity index (χ1) is 11.7. The summed E-state index contributed by atoms with van der Waals surface area (Å²) in [5.74, 6) is 1.75. The Balaban J connectivity index is 2.29. The molecule has 128 valence electrons. The molecule has 1 aromatic rings. The van der Waals surface area contributed by atoms with Gasteiger partial charge in [-0.15, -0.1) is 0 Å². The van der Waals surface area contributed by atoms with E-state index in [4.69, 9.17) is 19.0 Å². The molecule has 0 N–H and O–H groups in total. The van der Waals surface area contributed by atoms with Gasteiger partial charge in [-0.05, 0) is 24.6 Å². The van der Waals surface area contributed by atoms with Crippen molar-refractivity contribution in [3.8, 4) is 17.2 Å². The van der Waals surface area contributed by atoms with E-state index in [1.165, 1.54) is 0 Å². The lowest BCUT2D eigenvalue weighted by Gasteiger charge is -2.16. The Labute approximate surface area is 142 Å². The normalized spacial score (nSPS) is 17.4. The van der Waals surface area contributed by atoms with Crippen LogP contribution >= 0.6 is 0 Å². The third kappa shape index (κ3) is 3.62. The summed E-state index contributed by atoms with van der Waals surface area (Å²) in [7, 11) is 4.77. The van der Waals surface area contributed by atoms with Crippen LogP contribution < -0.4 is 14.2 Å². The Hall–Kier alpha value is -2.69. The lowest BCUT2D eigenvalue weighted by atomic mass is 9.99. The minimum Gasteiger partial charge on any atom is -0.493 e. The third-order valence-corrected chi connectivity index (χ3v) is 3.70. The number of benzene rings is 1. The zero-order chi connectivity index (χ0) is 17.5. The molecule has 24 heavy (non-hydrogen) atoms. The summed E-state index contributed by atoms with van der Waals surface area (Å²) in [6.45, 7) is 5.71. The summed E-state index contributed by atoms with van der Waals surface area (Å²) in [5, 5.41) is 4.22. The lowest BCUT2D eigenvalue weighted by Crippen LogP contribution is -2.04. The zero-order valence-corrected chi connectivity index (χ0v) is 14.5. The summed E-state index contributed by atoms with van der Waals surface area (Å²) in [6, 6.07) is 3.77. The molecule has 0 aliphatic carbocycles. The Morgan fingerprint density at radius 3 is 2.38 bits per heavy atom. The average molecular weight is 329 g/mol. The van der Waals surface area contributed by atoms with Crippen LogP contribution in [0.15, 0.2) is 53.7 Å². The van der Waals surface area contributed by atoms with Crippen LogP contribution in [0.1, 0.15) is 25.0 Å². The number of hydrogen-bond donors (Lipinski definition) is 0. The largest absolute Gasteiger partial charge is 0.493 e. The van der Waals surface area contributed by atoms with E-state index < -0.39 is 0 Å². The fraction of sp³-hybridized carbons (Fsp3) is 0.316.